The molecule has 0 aliphatic heterocycles. The zero-order valence-electron chi connectivity index (χ0n) is 21.3. The summed E-state index contributed by atoms with van der Waals surface area (Å²) >= 11 is 0. The minimum absolute atomic E-state index is 0.0607. The fraction of sp³-hybridized carbons (Fsp3) is 0.179. The molecule has 5 aromatic rings. The molecule has 3 heterocycles. The van der Waals surface area contributed by atoms with Crippen molar-refractivity contribution in [2.45, 2.75) is 20.0 Å². The molecule has 0 aliphatic rings. The van der Waals surface area contributed by atoms with Crippen LogP contribution < -0.4 is 16.4 Å². The minimum atomic E-state index is -0.566. The van der Waals surface area contributed by atoms with Crippen molar-refractivity contribution in [3.05, 3.63) is 84.5 Å². The third kappa shape index (κ3) is 5.57. The van der Waals surface area contributed by atoms with Crippen molar-refractivity contribution in [1.29, 1.82) is 0 Å². The first-order chi connectivity index (χ1) is 18.9. The molecule has 0 saturated carbocycles. The van der Waals surface area contributed by atoms with Gasteiger partial charge >= 0.3 is 6.09 Å². The molecule has 4 N–H and O–H groups in total. The van der Waals surface area contributed by atoms with Gasteiger partial charge in [-0.25, -0.2) is 19.7 Å². The number of ether oxygens (including phenoxy) is 1. The van der Waals surface area contributed by atoms with Gasteiger partial charge in [0.2, 0.25) is 5.91 Å². The van der Waals surface area contributed by atoms with Gasteiger partial charge in [0.05, 0.1) is 17.6 Å². The molecule has 0 bridgehead atoms. The molecular weight excluding hydrogens is 498 g/mol. The number of hydrogen-bond donors (Lipinski definition) is 3. The summed E-state index contributed by atoms with van der Waals surface area (Å²) in [7, 11) is 0. The zero-order valence-corrected chi connectivity index (χ0v) is 21.3. The van der Waals surface area contributed by atoms with Crippen LogP contribution in [0.1, 0.15) is 18.1 Å². The van der Waals surface area contributed by atoms with Crippen LogP contribution in [0.3, 0.4) is 0 Å². The number of rotatable bonds is 9. The van der Waals surface area contributed by atoms with Crippen LogP contribution in [0, 0.1) is 0 Å². The number of nitrogens with zero attached hydrogens (tertiary/aromatic N) is 4. The number of nitrogen functional groups attached to an aromatic ring is 1. The maximum Gasteiger partial charge on any atom is 0.407 e. The predicted octanol–water partition coefficient (Wildman–Crippen LogP) is 3.79. The highest BCUT2D eigenvalue weighted by molar-refractivity contribution is 6.07. The Bertz CT molecular complexity index is 1660. The Hall–Kier alpha value is -5.19. The van der Waals surface area contributed by atoms with Crippen molar-refractivity contribution in [2.24, 2.45) is 0 Å². The van der Waals surface area contributed by atoms with Gasteiger partial charge in [-0.05, 0) is 24.1 Å². The Morgan fingerprint density at radius 1 is 1.08 bits per heavy atom. The topological polar surface area (TPSA) is 150 Å². The number of anilines is 1. The number of fused-ring (bicyclic) bond motifs is 3. The van der Waals surface area contributed by atoms with Crippen molar-refractivity contribution in [3.8, 4) is 11.5 Å². The fourth-order valence-corrected chi connectivity index (χ4v) is 4.16. The summed E-state index contributed by atoms with van der Waals surface area (Å²) in [5, 5.41) is 6.24. The number of nitrogens with two attached hydrogens (primary N) is 1. The normalized spacial score (nSPS) is 11.0. The summed E-state index contributed by atoms with van der Waals surface area (Å²) in [6.45, 7) is 6.23. The van der Waals surface area contributed by atoms with Crippen LogP contribution in [-0.2, 0) is 22.6 Å². The van der Waals surface area contributed by atoms with Crippen molar-refractivity contribution in [2.75, 3.05) is 18.9 Å². The van der Waals surface area contributed by atoms with Crippen molar-refractivity contribution in [3.63, 3.8) is 0 Å². The van der Waals surface area contributed by atoms with E-state index in [0.717, 1.165) is 27.5 Å². The molecule has 0 spiro atoms. The van der Waals surface area contributed by atoms with E-state index in [1.54, 1.807) is 13.2 Å². The van der Waals surface area contributed by atoms with E-state index in [4.69, 9.17) is 19.9 Å². The van der Waals surface area contributed by atoms with E-state index >= 15 is 0 Å². The molecule has 5 rings (SSSR count). The van der Waals surface area contributed by atoms with Crippen LogP contribution in [0.5, 0.6) is 0 Å². The number of benzene rings is 2. The van der Waals surface area contributed by atoms with E-state index in [1.165, 1.54) is 6.39 Å². The van der Waals surface area contributed by atoms with E-state index in [2.05, 4.69) is 31.7 Å². The largest absolute Gasteiger partial charge is 0.451 e. The average Bonchev–Trinajstić information content (AvgIpc) is 3.59. The third-order valence-electron chi connectivity index (χ3n) is 6.08. The van der Waals surface area contributed by atoms with Crippen LogP contribution in [0.25, 0.3) is 33.5 Å². The van der Waals surface area contributed by atoms with Gasteiger partial charge in [0, 0.05) is 24.0 Å². The van der Waals surface area contributed by atoms with Crippen molar-refractivity contribution in [1.82, 2.24) is 30.2 Å². The van der Waals surface area contributed by atoms with Crippen LogP contribution in [-0.4, -0.2) is 44.7 Å². The minimum Gasteiger partial charge on any atom is -0.451 e. The maximum absolute atomic E-state index is 12.0. The molecule has 11 heteroatoms. The molecule has 0 unspecified atom stereocenters. The van der Waals surface area contributed by atoms with Crippen LogP contribution >= 0.6 is 0 Å². The summed E-state index contributed by atoms with van der Waals surface area (Å²) in [5.74, 6) is 0.694. The second kappa shape index (κ2) is 11.1. The van der Waals surface area contributed by atoms with Gasteiger partial charge in [0.25, 0.3) is 0 Å². The zero-order chi connectivity index (χ0) is 27.4. The van der Waals surface area contributed by atoms with Gasteiger partial charge < -0.3 is 30.1 Å². The Balaban J connectivity index is 1.31. The van der Waals surface area contributed by atoms with E-state index in [-0.39, 0.29) is 19.1 Å². The second-order valence-corrected chi connectivity index (χ2v) is 8.95. The number of alkyl carbamates (subject to hydrolysis) is 1. The first-order valence-corrected chi connectivity index (χ1v) is 12.3. The number of para-hydroxylation sites is 1. The molecule has 0 fully saturated rings. The SMILES string of the molecule is C=C(C)C(=O)NCCOC(=O)NCc1ccc(Cn2c(-c3cocn3)nc3c(N)nc4ccccc4c32)cc1. The van der Waals surface area contributed by atoms with E-state index < -0.39 is 6.09 Å². The number of imidazole rings is 1. The highest BCUT2D eigenvalue weighted by Crippen LogP contribution is 2.32. The fourth-order valence-electron chi connectivity index (χ4n) is 4.16. The summed E-state index contributed by atoms with van der Waals surface area (Å²) in [6.07, 6.45) is 2.35. The number of hydrogen-bond acceptors (Lipinski definition) is 8. The number of carbonyl (C=O) groups is 2. The highest BCUT2D eigenvalue weighted by Gasteiger charge is 2.20. The summed E-state index contributed by atoms with van der Waals surface area (Å²) in [6, 6.07) is 15.6. The molecule has 2 amide bonds. The van der Waals surface area contributed by atoms with Gasteiger partial charge in [0.1, 0.15) is 24.1 Å². The lowest BCUT2D eigenvalue weighted by atomic mass is 10.1. The summed E-state index contributed by atoms with van der Waals surface area (Å²) in [5.41, 5.74) is 11.4. The Labute approximate surface area is 223 Å². The van der Waals surface area contributed by atoms with Gasteiger partial charge in [-0.2, -0.15) is 0 Å². The Morgan fingerprint density at radius 2 is 1.85 bits per heavy atom. The average molecular weight is 526 g/mol. The lowest BCUT2D eigenvalue weighted by Gasteiger charge is -2.11. The highest BCUT2D eigenvalue weighted by atomic mass is 16.5. The molecule has 3 aromatic heterocycles. The van der Waals surface area contributed by atoms with Crippen LogP contribution in [0.2, 0.25) is 0 Å². The second-order valence-electron chi connectivity index (χ2n) is 8.95. The molecule has 198 valence electrons. The molecule has 2 aromatic carbocycles. The van der Waals surface area contributed by atoms with Gasteiger partial charge in [-0.3, -0.25) is 4.79 Å². The smallest absolute Gasteiger partial charge is 0.407 e. The van der Waals surface area contributed by atoms with Crippen LogP contribution in [0.15, 0.2) is 77.8 Å². The molecular formula is C28H27N7O4. The quantitative estimate of drug-likeness (QED) is 0.194. The predicted molar refractivity (Wildman–Crippen MR) is 146 cm³/mol. The monoisotopic (exact) mass is 525 g/mol. The number of pyridine rings is 1. The molecule has 0 saturated heterocycles. The van der Waals surface area contributed by atoms with Gasteiger partial charge in [0.15, 0.2) is 18.0 Å². The first kappa shape index (κ1) is 25.5. The molecule has 11 nitrogen and oxygen atoms in total. The van der Waals surface area contributed by atoms with Gasteiger partial charge in [-0.1, -0.05) is 49.0 Å². The molecule has 0 aliphatic carbocycles. The van der Waals surface area contributed by atoms with E-state index in [1.807, 2.05) is 48.5 Å². The van der Waals surface area contributed by atoms with Crippen molar-refractivity contribution < 1.29 is 18.7 Å². The third-order valence-corrected chi connectivity index (χ3v) is 6.08. The lowest BCUT2D eigenvalue weighted by molar-refractivity contribution is -0.117. The van der Waals surface area contributed by atoms with E-state index in [9.17, 15) is 9.59 Å². The van der Waals surface area contributed by atoms with E-state index in [0.29, 0.717) is 41.5 Å². The number of amides is 2. The van der Waals surface area contributed by atoms with Gasteiger partial charge in [-0.15, -0.1) is 0 Å². The van der Waals surface area contributed by atoms with Crippen LogP contribution in [0.4, 0.5) is 10.6 Å². The molecule has 0 atom stereocenters. The lowest BCUT2D eigenvalue weighted by Crippen LogP contribution is -2.31. The molecule has 0 radical (unpaired) electrons. The Morgan fingerprint density at radius 3 is 2.59 bits per heavy atom. The maximum atomic E-state index is 12.0. The number of oxazole rings is 1. The first-order valence-electron chi connectivity index (χ1n) is 12.3. The number of carbonyl (C=O) groups excluding carboxylic acids is 2. The summed E-state index contributed by atoms with van der Waals surface area (Å²) < 4.78 is 12.4. The standard InChI is InChI=1S/C28H27N7O4/c1-17(2)27(36)30-11-12-39-28(37)31-13-18-7-9-19(10-8-18)14-35-24-20-5-3-4-6-21(20)33-25(29)23(24)34-26(35)22-15-38-16-32-22/h3-10,15-16H,1,11-14H2,2H3,(H2,29,33)(H,30,36)(H,31,37). The Kier molecular flexibility index (Phi) is 7.21. The summed E-state index contributed by atoms with van der Waals surface area (Å²) in [4.78, 5) is 37.0. The van der Waals surface area contributed by atoms with Crippen molar-refractivity contribution >= 4 is 39.8 Å². The number of aromatic nitrogens is 4. The number of nitrogens with one attached hydrogen (secondary N) is 2. The molecule has 39 heavy (non-hydrogen) atoms.